The molecule has 1 saturated heterocycles. The number of rotatable bonds is 13. The molecule has 0 radical (unpaired) electrons. The predicted octanol–water partition coefficient (Wildman–Crippen LogP) is 0.426. The number of carbonyl (C=O) groups excluding carboxylic acids is 4. The van der Waals surface area contributed by atoms with Crippen LogP contribution in [0.3, 0.4) is 0 Å². The second kappa shape index (κ2) is 15.5. The molecule has 230 valence electrons. The molecule has 1 aromatic heterocycles. The molecule has 2 aromatic rings. The number of hydrazine groups is 1. The maximum absolute atomic E-state index is 13.3. The molecular weight excluding hydrogens is 554 g/mol. The summed E-state index contributed by atoms with van der Waals surface area (Å²) >= 11 is 0. The smallest absolute Gasteiger partial charge is 0.279 e. The number of hydrogen-bond acceptors (Lipinski definition) is 8. The molecule has 0 spiro atoms. The molecule has 2 aliphatic rings. The van der Waals surface area contributed by atoms with Gasteiger partial charge in [-0.05, 0) is 43.7 Å². The molecule has 2 heterocycles. The number of nitrogens with two attached hydrogens (primary N) is 1. The molecule has 1 saturated carbocycles. The molecule has 1 aromatic carbocycles. The summed E-state index contributed by atoms with van der Waals surface area (Å²) < 4.78 is 5.97. The largest absolute Gasteiger partial charge is 0.480 e. The average molecular weight is 594 g/mol. The van der Waals surface area contributed by atoms with Crippen molar-refractivity contribution in [2.45, 2.75) is 44.6 Å². The second-order valence-electron chi connectivity index (χ2n) is 10.7. The van der Waals surface area contributed by atoms with Gasteiger partial charge in [-0.1, -0.05) is 18.2 Å². The molecular formula is C29H39N9O5. The fourth-order valence-electron chi connectivity index (χ4n) is 4.79. The van der Waals surface area contributed by atoms with E-state index in [2.05, 4.69) is 26.0 Å². The average Bonchev–Trinajstić information content (AvgIpc) is 3.87. The van der Waals surface area contributed by atoms with E-state index in [0.717, 1.165) is 37.2 Å². The maximum Gasteiger partial charge on any atom is 0.279 e. The number of amides is 4. The van der Waals surface area contributed by atoms with E-state index in [1.807, 2.05) is 18.2 Å². The van der Waals surface area contributed by atoms with Gasteiger partial charge >= 0.3 is 0 Å². The maximum atomic E-state index is 13.3. The Bertz CT molecular complexity index is 1260. The zero-order valence-electron chi connectivity index (χ0n) is 24.0. The molecule has 2 atom stereocenters. The van der Waals surface area contributed by atoms with Gasteiger partial charge < -0.3 is 26.0 Å². The van der Waals surface area contributed by atoms with Gasteiger partial charge in [-0.25, -0.2) is 4.98 Å². The van der Waals surface area contributed by atoms with Crippen molar-refractivity contribution in [3.63, 3.8) is 0 Å². The lowest BCUT2D eigenvalue weighted by molar-refractivity contribution is -0.145. The van der Waals surface area contributed by atoms with Gasteiger partial charge in [-0.2, -0.15) is 0 Å². The van der Waals surface area contributed by atoms with Crippen molar-refractivity contribution in [3.8, 4) is 5.75 Å². The van der Waals surface area contributed by atoms with Crippen LogP contribution in [-0.4, -0.2) is 88.3 Å². The Kier molecular flexibility index (Phi) is 11.2. The quantitative estimate of drug-likeness (QED) is 0.124. The molecule has 14 nitrogen and oxygen atoms in total. The molecule has 1 aliphatic heterocycles. The highest BCUT2D eigenvalue weighted by atomic mass is 16.5. The van der Waals surface area contributed by atoms with Crippen LogP contribution >= 0.6 is 0 Å². The van der Waals surface area contributed by atoms with Crippen LogP contribution < -0.4 is 26.5 Å². The normalized spacial score (nSPS) is 16.8. The van der Waals surface area contributed by atoms with Gasteiger partial charge in [-0.3, -0.25) is 40.0 Å². The van der Waals surface area contributed by atoms with Gasteiger partial charge in [0.1, 0.15) is 11.4 Å². The molecule has 0 bridgehead atoms. The molecule has 6 N–H and O–H groups in total. The first kappa shape index (κ1) is 31.2. The number of likely N-dealkylation sites (tertiary alicyclic amines) is 1. The minimum Gasteiger partial charge on any atom is -0.480 e. The zero-order valence-corrected chi connectivity index (χ0v) is 24.0. The highest BCUT2D eigenvalue weighted by molar-refractivity contribution is 5.92. The van der Waals surface area contributed by atoms with Crippen LogP contribution in [0.2, 0.25) is 0 Å². The van der Waals surface area contributed by atoms with E-state index in [9.17, 15) is 19.2 Å². The third kappa shape index (κ3) is 9.94. The summed E-state index contributed by atoms with van der Waals surface area (Å²) in [6.07, 6.45) is 6.62. The third-order valence-electron chi connectivity index (χ3n) is 7.29. The van der Waals surface area contributed by atoms with Crippen molar-refractivity contribution in [2.24, 2.45) is 17.6 Å². The number of hydrogen-bond donors (Lipinski definition) is 5. The Morgan fingerprint density at radius 3 is 2.58 bits per heavy atom. The van der Waals surface area contributed by atoms with Crippen LogP contribution in [0.25, 0.3) is 0 Å². The highest BCUT2D eigenvalue weighted by Gasteiger charge is 2.39. The molecule has 1 unspecified atom stereocenters. The Hall–Kier alpha value is -4.75. The number of carbonyl (C=O) groups is 4. The van der Waals surface area contributed by atoms with Crippen LogP contribution in [0.5, 0.6) is 5.75 Å². The van der Waals surface area contributed by atoms with Crippen molar-refractivity contribution in [3.05, 3.63) is 54.6 Å². The van der Waals surface area contributed by atoms with Gasteiger partial charge in [0.05, 0.1) is 12.7 Å². The van der Waals surface area contributed by atoms with Gasteiger partial charge in [0.25, 0.3) is 11.8 Å². The lowest BCUT2D eigenvalue weighted by atomic mass is 9.98. The number of piperidine rings is 1. The van der Waals surface area contributed by atoms with Crippen molar-refractivity contribution in [1.29, 1.82) is 5.41 Å². The van der Waals surface area contributed by atoms with E-state index >= 15 is 0 Å². The van der Waals surface area contributed by atoms with Crippen molar-refractivity contribution < 1.29 is 23.9 Å². The standard InChI is InChI=1S/C29H39N9O5/c30-29(31)37-15-4-5-20(19-37)17-35-24(39)10-11-25(40)38(16-14-34-27(41)23-18-32-12-13-33-23)36-28(42)26(21-8-9-21)43-22-6-2-1-3-7-22/h1-3,6-7,12-13,18,20-21,26H,4-5,8-11,14-17,19H2,(H3,30,31)(H,34,41)(H,35,39)(H,36,42)/t20-,26?/m0/s1. The number of ether oxygens (including phenoxy) is 1. The second-order valence-corrected chi connectivity index (χ2v) is 10.7. The van der Waals surface area contributed by atoms with E-state index in [4.69, 9.17) is 15.9 Å². The van der Waals surface area contributed by atoms with E-state index in [1.165, 1.54) is 18.6 Å². The summed E-state index contributed by atoms with van der Waals surface area (Å²) in [7, 11) is 0. The van der Waals surface area contributed by atoms with Crippen LogP contribution in [0.4, 0.5) is 0 Å². The summed E-state index contributed by atoms with van der Waals surface area (Å²) in [5.41, 5.74) is 8.39. The molecule has 4 amide bonds. The first-order chi connectivity index (χ1) is 20.8. The van der Waals surface area contributed by atoms with Crippen molar-refractivity contribution in [2.75, 3.05) is 32.7 Å². The van der Waals surface area contributed by atoms with E-state index in [1.54, 1.807) is 17.0 Å². The number of nitrogens with one attached hydrogen (secondary N) is 4. The lowest BCUT2D eigenvalue weighted by Crippen LogP contribution is -2.53. The summed E-state index contributed by atoms with van der Waals surface area (Å²) in [6.45, 7) is 1.74. The zero-order chi connectivity index (χ0) is 30.6. The van der Waals surface area contributed by atoms with Crippen LogP contribution in [-0.2, 0) is 14.4 Å². The fraction of sp³-hybridized carbons (Fsp3) is 0.483. The number of guanidine groups is 1. The fourth-order valence-corrected chi connectivity index (χ4v) is 4.79. The van der Waals surface area contributed by atoms with Crippen LogP contribution in [0.15, 0.2) is 48.9 Å². The lowest BCUT2D eigenvalue weighted by Gasteiger charge is -2.33. The minimum atomic E-state index is -0.791. The summed E-state index contributed by atoms with van der Waals surface area (Å²) in [5.74, 6) is -0.963. The van der Waals surface area contributed by atoms with Crippen molar-refractivity contribution >= 4 is 29.6 Å². The Morgan fingerprint density at radius 1 is 1.09 bits per heavy atom. The minimum absolute atomic E-state index is 0.0229. The highest BCUT2D eigenvalue weighted by Crippen LogP contribution is 2.35. The van der Waals surface area contributed by atoms with Gasteiger partial charge in [0, 0.05) is 57.3 Å². The number of para-hydroxylation sites is 1. The topological polar surface area (TPSA) is 196 Å². The predicted molar refractivity (Wildman–Crippen MR) is 156 cm³/mol. The van der Waals surface area contributed by atoms with Gasteiger partial charge in [0.15, 0.2) is 12.1 Å². The molecule has 4 rings (SSSR count). The molecule has 14 heteroatoms. The van der Waals surface area contributed by atoms with E-state index in [0.29, 0.717) is 18.8 Å². The summed E-state index contributed by atoms with van der Waals surface area (Å²) in [6, 6.07) is 8.99. The van der Waals surface area contributed by atoms with E-state index < -0.39 is 23.8 Å². The number of benzene rings is 1. The van der Waals surface area contributed by atoms with Gasteiger partial charge in [-0.15, -0.1) is 0 Å². The summed E-state index contributed by atoms with van der Waals surface area (Å²) in [4.78, 5) is 61.1. The first-order valence-electron chi connectivity index (χ1n) is 14.5. The van der Waals surface area contributed by atoms with Crippen LogP contribution in [0, 0.1) is 17.2 Å². The SMILES string of the molecule is N=C(N)N1CCC[C@@H](CNC(=O)CCC(=O)N(CCNC(=O)c2cnccn2)NC(=O)C(Oc2ccccc2)C2CC2)C1. The molecule has 2 fully saturated rings. The van der Waals surface area contributed by atoms with E-state index in [-0.39, 0.29) is 55.3 Å². The van der Waals surface area contributed by atoms with Crippen molar-refractivity contribution in [1.82, 2.24) is 35.9 Å². The molecule has 43 heavy (non-hydrogen) atoms. The monoisotopic (exact) mass is 593 g/mol. The summed E-state index contributed by atoms with van der Waals surface area (Å²) in [5, 5.41) is 14.3. The number of aromatic nitrogens is 2. The van der Waals surface area contributed by atoms with Gasteiger partial charge in [0.2, 0.25) is 11.8 Å². The molecule has 1 aliphatic carbocycles. The first-order valence-corrected chi connectivity index (χ1v) is 14.5. The number of nitrogens with zero attached hydrogens (tertiary/aromatic N) is 4. The third-order valence-corrected chi connectivity index (χ3v) is 7.29. The Morgan fingerprint density at radius 2 is 1.88 bits per heavy atom. The Balaban J connectivity index is 1.32. The van der Waals surface area contributed by atoms with Crippen LogP contribution in [0.1, 0.15) is 49.0 Å². The Labute approximate surface area is 250 Å².